The van der Waals surface area contributed by atoms with Gasteiger partial charge in [-0.05, 0) is 55.0 Å². The van der Waals surface area contributed by atoms with Crippen LogP contribution >= 0.6 is 0 Å². The lowest BCUT2D eigenvalue weighted by molar-refractivity contribution is -0.112. The van der Waals surface area contributed by atoms with Crippen molar-refractivity contribution in [3.05, 3.63) is 59.7 Å². The van der Waals surface area contributed by atoms with Crippen LogP contribution in [0, 0.1) is 11.3 Å². The van der Waals surface area contributed by atoms with Crippen molar-refractivity contribution in [2.24, 2.45) is 0 Å². The van der Waals surface area contributed by atoms with E-state index >= 15 is 0 Å². The molecule has 0 aliphatic heterocycles. The molecule has 0 radical (unpaired) electrons. The third kappa shape index (κ3) is 4.61. The molecule has 0 saturated heterocycles. The Morgan fingerprint density at radius 2 is 1.87 bits per heavy atom. The smallest absolute Gasteiger partial charge is 0.266 e. The molecule has 116 valence electrons. The number of rotatable bonds is 5. The second-order valence-corrected chi connectivity index (χ2v) is 4.67. The Kier molecular flexibility index (Phi) is 5.37. The first kappa shape index (κ1) is 16.1. The van der Waals surface area contributed by atoms with E-state index in [0.29, 0.717) is 23.6 Å². The van der Waals surface area contributed by atoms with Crippen LogP contribution in [0.3, 0.4) is 0 Å². The lowest BCUT2D eigenvalue weighted by Gasteiger charge is -2.06. The lowest BCUT2D eigenvalue weighted by Crippen LogP contribution is -2.13. The molecule has 0 aromatic heterocycles. The predicted molar refractivity (Wildman–Crippen MR) is 87.9 cm³/mol. The molecule has 2 aromatic rings. The van der Waals surface area contributed by atoms with Gasteiger partial charge in [0.2, 0.25) is 0 Å². The molecule has 0 saturated carbocycles. The van der Waals surface area contributed by atoms with Gasteiger partial charge in [-0.2, -0.15) is 5.26 Å². The van der Waals surface area contributed by atoms with E-state index in [9.17, 15) is 9.90 Å². The normalized spacial score (nSPS) is 10.7. The van der Waals surface area contributed by atoms with Crippen molar-refractivity contribution >= 4 is 17.7 Å². The van der Waals surface area contributed by atoms with Crippen molar-refractivity contribution in [1.82, 2.24) is 0 Å². The Balaban J connectivity index is 2.11. The minimum Gasteiger partial charge on any atom is -0.508 e. The summed E-state index contributed by atoms with van der Waals surface area (Å²) in [5.74, 6) is 0.342. The Morgan fingerprint density at radius 1 is 1.22 bits per heavy atom. The number of carbonyl (C=O) groups excluding carboxylic acids is 1. The van der Waals surface area contributed by atoms with Crippen molar-refractivity contribution in [3.63, 3.8) is 0 Å². The Bertz CT molecular complexity index is 741. The van der Waals surface area contributed by atoms with Gasteiger partial charge in [0.1, 0.15) is 23.1 Å². The standard InChI is InChI=1S/C18H16N2O3/c1-2-23-17-9-5-15(6-10-17)20-18(22)14(12-19)11-13-3-7-16(21)8-4-13/h3-11,21H,2H2,1H3,(H,20,22)/b14-11+. The first-order valence-electron chi connectivity index (χ1n) is 7.07. The van der Waals surface area contributed by atoms with Crippen LogP contribution in [0.4, 0.5) is 5.69 Å². The molecule has 1 amide bonds. The number of hydrogen-bond acceptors (Lipinski definition) is 4. The van der Waals surface area contributed by atoms with Gasteiger partial charge in [-0.1, -0.05) is 12.1 Å². The van der Waals surface area contributed by atoms with E-state index in [2.05, 4.69) is 5.32 Å². The summed E-state index contributed by atoms with van der Waals surface area (Å²) in [5.41, 5.74) is 1.20. The molecule has 0 aliphatic carbocycles. The van der Waals surface area contributed by atoms with Gasteiger partial charge in [-0.15, -0.1) is 0 Å². The fourth-order valence-electron chi connectivity index (χ4n) is 1.89. The van der Waals surface area contributed by atoms with E-state index in [4.69, 9.17) is 10.00 Å². The number of aromatic hydroxyl groups is 1. The van der Waals surface area contributed by atoms with Crippen LogP contribution in [0.5, 0.6) is 11.5 Å². The molecule has 0 bridgehead atoms. The third-order valence-corrected chi connectivity index (χ3v) is 2.99. The van der Waals surface area contributed by atoms with E-state index in [1.54, 1.807) is 36.4 Å². The molecule has 0 spiro atoms. The number of amides is 1. The molecule has 0 aliphatic rings. The molecule has 0 fully saturated rings. The predicted octanol–water partition coefficient (Wildman–Crippen LogP) is 3.34. The highest BCUT2D eigenvalue weighted by Crippen LogP contribution is 2.17. The van der Waals surface area contributed by atoms with Crippen LogP contribution in [-0.4, -0.2) is 17.6 Å². The molecule has 0 atom stereocenters. The number of carbonyl (C=O) groups is 1. The van der Waals surface area contributed by atoms with Gasteiger partial charge < -0.3 is 15.2 Å². The van der Waals surface area contributed by atoms with Crippen LogP contribution in [0.2, 0.25) is 0 Å². The topological polar surface area (TPSA) is 82.3 Å². The van der Waals surface area contributed by atoms with Crippen molar-refractivity contribution in [2.75, 3.05) is 11.9 Å². The number of anilines is 1. The molecule has 2 rings (SSSR count). The van der Waals surface area contributed by atoms with Gasteiger partial charge >= 0.3 is 0 Å². The maximum Gasteiger partial charge on any atom is 0.266 e. The summed E-state index contributed by atoms with van der Waals surface area (Å²) < 4.78 is 5.33. The molecule has 0 heterocycles. The molecular formula is C18H16N2O3. The highest BCUT2D eigenvalue weighted by molar-refractivity contribution is 6.09. The molecule has 2 aromatic carbocycles. The Morgan fingerprint density at radius 3 is 2.43 bits per heavy atom. The summed E-state index contributed by atoms with van der Waals surface area (Å²) in [7, 11) is 0. The number of phenols is 1. The number of hydrogen-bond donors (Lipinski definition) is 2. The second-order valence-electron chi connectivity index (χ2n) is 4.67. The molecule has 5 heteroatoms. The first-order chi connectivity index (χ1) is 11.1. The quantitative estimate of drug-likeness (QED) is 0.655. The van der Waals surface area contributed by atoms with E-state index in [0.717, 1.165) is 0 Å². The molecule has 23 heavy (non-hydrogen) atoms. The largest absolute Gasteiger partial charge is 0.508 e. The fourth-order valence-corrected chi connectivity index (χ4v) is 1.89. The summed E-state index contributed by atoms with van der Waals surface area (Å²) in [4.78, 5) is 12.1. The minimum atomic E-state index is -0.496. The number of ether oxygens (including phenoxy) is 1. The average molecular weight is 308 g/mol. The lowest BCUT2D eigenvalue weighted by atomic mass is 10.1. The van der Waals surface area contributed by atoms with Crippen molar-refractivity contribution in [1.29, 1.82) is 5.26 Å². The summed E-state index contributed by atoms with van der Waals surface area (Å²) >= 11 is 0. The van der Waals surface area contributed by atoms with Crippen molar-refractivity contribution in [2.45, 2.75) is 6.92 Å². The highest BCUT2D eigenvalue weighted by Gasteiger charge is 2.09. The van der Waals surface area contributed by atoms with Gasteiger partial charge in [-0.3, -0.25) is 4.79 Å². The zero-order valence-electron chi connectivity index (χ0n) is 12.6. The maximum atomic E-state index is 12.1. The Hall–Kier alpha value is -3.26. The molecule has 0 unspecified atom stereocenters. The van der Waals surface area contributed by atoms with Crippen molar-refractivity contribution in [3.8, 4) is 17.6 Å². The second kappa shape index (κ2) is 7.66. The number of nitrogens with zero attached hydrogens (tertiary/aromatic N) is 1. The highest BCUT2D eigenvalue weighted by atomic mass is 16.5. The molecule has 2 N–H and O–H groups in total. The zero-order valence-corrected chi connectivity index (χ0v) is 12.6. The molecule has 5 nitrogen and oxygen atoms in total. The van der Waals surface area contributed by atoms with Crippen LogP contribution in [0.1, 0.15) is 12.5 Å². The number of benzene rings is 2. The minimum absolute atomic E-state index is 0.0235. The maximum absolute atomic E-state index is 12.1. The van der Waals surface area contributed by atoms with Gasteiger partial charge in [0.25, 0.3) is 5.91 Å². The van der Waals surface area contributed by atoms with Gasteiger partial charge in [0.15, 0.2) is 0 Å². The van der Waals surface area contributed by atoms with E-state index in [1.807, 2.05) is 13.0 Å². The van der Waals surface area contributed by atoms with Crippen molar-refractivity contribution < 1.29 is 14.6 Å². The number of phenolic OH excluding ortho intramolecular Hbond substituents is 1. The third-order valence-electron chi connectivity index (χ3n) is 2.99. The monoisotopic (exact) mass is 308 g/mol. The number of nitriles is 1. The number of nitrogens with one attached hydrogen (secondary N) is 1. The van der Waals surface area contributed by atoms with Crippen LogP contribution in [-0.2, 0) is 4.79 Å². The van der Waals surface area contributed by atoms with Gasteiger partial charge in [0, 0.05) is 5.69 Å². The Labute approximate surface area is 134 Å². The average Bonchev–Trinajstić information content (AvgIpc) is 2.56. The van der Waals surface area contributed by atoms with Gasteiger partial charge in [-0.25, -0.2) is 0 Å². The SMILES string of the molecule is CCOc1ccc(NC(=O)/C(C#N)=C/c2ccc(O)cc2)cc1. The summed E-state index contributed by atoms with van der Waals surface area (Å²) in [6, 6.07) is 15.0. The summed E-state index contributed by atoms with van der Waals surface area (Å²) in [6.45, 7) is 2.46. The molecular weight excluding hydrogens is 292 g/mol. The van der Waals surface area contributed by atoms with Gasteiger partial charge in [0.05, 0.1) is 6.61 Å². The van der Waals surface area contributed by atoms with Crippen LogP contribution in [0.25, 0.3) is 6.08 Å². The first-order valence-corrected chi connectivity index (χ1v) is 7.07. The van der Waals surface area contributed by atoms with E-state index in [-0.39, 0.29) is 11.3 Å². The van der Waals surface area contributed by atoms with Crippen LogP contribution < -0.4 is 10.1 Å². The zero-order chi connectivity index (χ0) is 16.7. The summed E-state index contributed by atoms with van der Waals surface area (Å²) in [6.07, 6.45) is 1.46. The van der Waals surface area contributed by atoms with E-state index in [1.165, 1.54) is 18.2 Å². The van der Waals surface area contributed by atoms with Crippen LogP contribution in [0.15, 0.2) is 54.1 Å². The van der Waals surface area contributed by atoms with E-state index < -0.39 is 5.91 Å². The fraction of sp³-hybridized carbons (Fsp3) is 0.111. The summed E-state index contributed by atoms with van der Waals surface area (Å²) in [5, 5.41) is 21.1.